The van der Waals surface area contributed by atoms with Gasteiger partial charge in [0.1, 0.15) is 5.75 Å². The van der Waals surface area contributed by atoms with Crippen molar-refractivity contribution in [1.82, 2.24) is 5.32 Å². The van der Waals surface area contributed by atoms with E-state index in [9.17, 15) is 4.79 Å². The zero-order valence-electron chi connectivity index (χ0n) is 20.3. The van der Waals surface area contributed by atoms with Crippen LogP contribution in [0, 0.1) is 5.41 Å². The highest BCUT2D eigenvalue weighted by Gasteiger charge is 2.51. The lowest BCUT2D eigenvalue weighted by Gasteiger charge is -2.34. The Morgan fingerprint density at radius 2 is 1.59 bits per heavy atom. The SMILES string of the molecule is CC1(C)CCC(NC(=O)COc2ccc3ccc(B4OC(C)(C)C(C)(C)O4)cc3c2)CC1. The summed E-state index contributed by atoms with van der Waals surface area (Å²) >= 11 is 0. The first-order chi connectivity index (χ1) is 14.9. The molecule has 2 fully saturated rings. The highest BCUT2D eigenvalue weighted by Crippen LogP contribution is 2.37. The van der Waals surface area contributed by atoms with Gasteiger partial charge in [0.25, 0.3) is 5.91 Å². The molecular weight excluding hydrogens is 401 g/mol. The third kappa shape index (κ3) is 4.97. The summed E-state index contributed by atoms with van der Waals surface area (Å²) in [6, 6.07) is 12.3. The molecule has 1 aliphatic carbocycles. The van der Waals surface area contributed by atoms with Gasteiger partial charge >= 0.3 is 7.12 Å². The Kier molecular flexibility index (Phi) is 6.06. The molecule has 1 N–H and O–H groups in total. The van der Waals surface area contributed by atoms with E-state index in [1.807, 2.05) is 24.3 Å². The first-order valence-electron chi connectivity index (χ1n) is 11.8. The second-order valence-corrected chi connectivity index (χ2v) is 11.2. The molecular formula is C26H36BNO4. The van der Waals surface area contributed by atoms with Crippen LogP contribution in [0.1, 0.15) is 67.2 Å². The standard InChI is InChI=1S/C26H36BNO4/c1-24(2)13-11-21(12-14-24)28-23(29)17-30-22-10-8-18-7-9-20(15-19(18)16-22)27-31-25(3,4)26(5,6)32-27/h7-10,15-16,21H,11-14,17H2,1-6H3,(H,28,29). The number of benzene rings is 2. The van der Waals surface area contributed by atoms with Crippen molar-refractivity contribution in [2.75, 3.05) is 6.61 Å². The minimum absolute atomic E-state index is 0.0301. The molecule has 5 nitrogen and oxygen atoms in total. The molecule has 172 valence electrons. The second-order valence-electron chi connectivity index (χ2n) is 11.2. The van der Waals surface area contributed by atoms with Gasteiger partial charge in [-0.25, -0.2) is 0 Å². The van der Waals surface area contributed by atoms with E-state index >= 15 is 0 Å². The van der Waals surface area contributed by atoms with Crippen LogP contribution in [0.25, 0.3) is 10.8 Å². The van der Waals surface area contributed by atoms with Crippen molar-refractivity contribution in [3.63, 3.8) is 0 Å². The highest BCUT2D eigenvalue weighted by molar-refractivity contribution is 6.62. The van der Waals surface area contributed by atoms with Crippen LogP contribution in [0.3, 0.4) is 0 Å². The Bertz CT molecular complexity index is 974. The third-order valence-corrected chi connectivity index (χ3v) is 7.44. The molecule has 32 heavy (non-hydrogen) atoms. The zero-order valence-corrected chi connectivity index (χ0v) is 20.3. The van der Waals surface area contributed by atoms with E-state index in [2.05, 4.69) is 59.0 Å². The van der Waals surface area contributed by atoms with Crippen LogP contribution >= 0.6 is 0 Å². The summed E-state index contributed by atoms with van der Waals surface area (Å²) in [5.74, 6) is 0.629. The molecule has 0 atom stereocenters. The number of hydrogen-bond donors (Lipinski definition) is 1. The molecule has 0 spiro atoms. The molecule has 6 heteroatoms. The average Bonchev–Trinajstić information content (AvgIpc) is 2.94. The summed E-state index contributed by atoms with van der Waals surface area (Å²) in [4.78, 5) is 12.4. The van der Waals surface area contributed by atoms with Gasteiger partial charge in [-0.05, 0) is 87.2 Å². The lowest BCUT2D eigenvalue weighted by atomic mass is 9.75. The van der Waals surface area contributed by atoms with Gasteiger partial charge in [-0.1, -0.05) is 38.1 Å². The second kappa shape index (κ2) is 8.38. The normalized spacial score (nSPS) is 22.1. The van der Waals surface area contributed by atoms with Crippen LogP contribution in [-0.4, -0.2) is 36.9 Å². The van der Waals surface area contributed by atoms with Gasteiger partial charge < -0.3 is 19.4 Å². The largest absolute Gasteiger partial charge is 0.494 e. The number of ether oxygens (including phenoxy) is 1. The smallest absolute Gasteiger partial charge is 0.484 e. The number of fused-ring (bicyclic) bond motifs is 1. The maximum atomic E-state index is 12.4. The van der Waals surface area contributed by atoms with E-state index in [-0.39, 0.29) is 29.8 Å². The molecule has 1 aliphatic heterocycles. The quantitative estimate of drug-likeness (QED) is 0.695. The molecule has 0 unspecified atom stereocenters. The van der Waals surface area contributed by atoms with Gasteiger partial charge in [0.2, 0.25) is 0 Å². The topological polar surface area (TPSA) is 56.8 Å². The molecule has 1 amide bonds. The fraction of sp³-hybridized carbons (Fsp3) is 0.577. The van der Waals surface area contributed by atoms with Gasteiger partial charge in [0, 0.05) is 6.04 Å². The average molecular weight is 437 g/mol. The van der Waals surface area contributed by atoms with Crippen molar-refractivity contribution >= 4 is 29.3 Å². The van der Waals surface area contributed by atoms with E-state index in [4.69, 9.17) is 14.0 Å². The van der Waals surface area contributed by atoms with Crippen LogP contribution in [0.5, 0.6) is 5.75 Å². The van der Waals surface area contributed by atoms with E-state index in [1.165, 1.54) is 0 Å². The van der Waals surface area contributed by atoms with Gasteiger partial charge in [0.15, 0.2) is 6.61 Å². The van der Waals surface area contributed by atoms with Gasteiger partial charge in [-0.2, -0.15) is 0 Å². The van der Waals surface area contributed by atoms with Gasteiger partial charge in [-0.15, -0.1) is 0 Å². The van der Waals surface area contributed by atoms with Crippen molar-refractivity contribution in [2.45, 2.75) is 84.5 Å². The van der Waals surface area contributed by atoms with E-state index in [0.717, 1.165) is 41.9 Å². The van der Waals surface area contributed by atoms with Gasteiger partial charge in [0.05, 0.1) is 11.2 Å². The molecule has 4 rings (SSSR count). The Hall–Kier alpha value is -2.05. The maximum Gasteiger partial charge on any atom is 0.494 e. The van der Waals surface area contributed by atoms with E-state index in [1.54, 1.807) is 0 Å². The Morgan fingerprint density at radius 1 is 0.969 bits per heavy atom. The molecule has 1 saturated heterocycles. The fourth-order valence-corrected chi connectivity index (χ4v) is 4.42. The molecule has 0 aromatic heterocycles. The Morgan fingerprint density at radius 3 is 2.25 bits per heavy atom. The molecule has 0 bridgehead atoms. The maximum absolute atomic E-state index is 12.4. The van der Waals surface area contributed by atoms with Crippen molar-refractivity contribution < 1.29 is 18.8 Å². The van der Waals surface area contributed by atoms with Crippen molar-refractivity contribution in [3.8, 4) is 5.75 Å². The summed E-state index contributed by atoms with van der Waals surface area (Å²) in [6.45, 7) is 12.8. The van der Waals surface area contributed by atoms with Crippen LogP contribution in [0.2, 0.25) is 0 Å². The van der Waals surface area contributed by atoms with Crippen LogP contribution in [-0.2, 0) is 14.1 Å². The molecule has 2 aromatic rings. The minimum atomic E-state index is -0.403. The predicted octanol–water partition coefficient (Wildman–Crippen LogP) is 4.60. The summed E-state index contributed by atoms with van der Waals surface area (Å²) in [6.07, 6.45) is 4.37. The van der Waals surface area contributed by atoms with Crippen molar-refractivity contribution in [2.24, 2.45) is 5.41 Å². The van der Waals surface area contributed by atoms with Crippen LogP contribution in [0.15, 0.2) is 36.4 Å². The molecule has 2 aliphatic rings. The monoisotopic (exact) mass is 437 g/mol. The first kappa shape index (κ1) is 23.1. The summed E-state index contributed by atoms with van der Waals surface area (Å²) in [5.41, 5.74) is 0.617. The Labute approximate surface area is 192 Å². The van der Waals surface area contributed by atoms with Crippen molar-refractivity contribution in [1.29, 1.82) is 0 Å². The third-order valence-electron chi connectivity index (χ3n) is 7.44. The van der Waals surface area contributed by atoms with E-state index in [0.29, 0.717) is 11.2 Å². The first-order valence-corrected chi connectivity index (χ1v) is 11.8. The fourth-order valence-electron chi connectivity index (χ4n) is 4.42. The predicted molar refractivity (Wildman–Crippen MR) is 129 cm³/mol. The van der Waals surface area contributed by atoms with E-state index < -0.39 is 7.12 Å². The lowest BCUT2D eigenvalue weighted by molar-refractivity contribution is -0.124. The molecule has 1 saturated carbocycles. The number of carbonyl (C=O) groups excluding carboxylic acids is 1. The lowest BCUT2D eigenvalue weighted by Crippen LogP contribution is -2.41. The summed E-state index contributed by atoms with van der Waals surface area (Å²) < 4.78 is 18.2. The number of rotatable bonds is 5. The van der Waals surface area contributed by atoms with Crippen LogP contribution in [0.4, 0.5) is 0 Å². The minimum Gasteiger partial charge on any atom is -0.484 e. The number of amides is 1. The highest BCUT2D eigenvalue weighted by atomic mass is 16.7. The Balaban J connectivity index is 1.38. The summed E-state index contributed by atoms with van der Waals surface area (Å²) in [5, 5.41) is 5.26. The zero-order chi connectivity index (χ0) is 23.1. The number of nitrogens with one attached hydrogen (secondary N) is 1. The van der Waals surface area contributed by atoms with Gasteiger partial charge in [-0.3, -0.25) is 4.79 Å². The molecule has 0 radical (unpaired) electrons. The number of hydrogen-bond acceptors (Lipinski definition) is 4. The molecule has 1 heterocycles. The number of carbonyl (C=O) groups is 1. The van der Waals surface area contributed by atoms with Crippen LogP contribution < -0.4 is 15.5 Å². The van der Waals surface area contributed by atoms with Crippen molar-refractivity contribution in [3.05, 3.63) is 36.4 Å². The molecule has 2 aromatic carbocycles. The summed E-state index contributed by atoms with van der Waals surface area (Å²) in [7, 11) is -0.403.